The molecule has 0 amide bonds. The van der Waals surface area contributed by atoms with Gasteiger partial charge in [0.2, 0.25) is 0 Å². The number of nitrogens with one attached hydrogen (secondary N) is 1. The van der Waals surface area contributed by atoms with Gasteiger partial charge in [-0.15, -0.1) is 24.0 Å². The summed E-state index contributed by atoms with van der Waals surface area (Å²) in [7, 11) is 3.27. The molecule has 2 unspecified atom stereocenters. The largest absolute Gasteiger partial charge is 0.469 e. The molecule has 1 N–H and O–H groups in total. The Bertz CT molecular complexity index is 673. The molecule has 0 bridgehead atoms. The van der Waals surface area contributed by atoms with Crippen LogP contribution in [0.2, 0.25) is 0 Å². The van der Waals surface area contributed by atoms with Crippen LogP contribution in [0.15, 0.2) is 29.3 Å². The summed E-state index contributed by atoms with van der Waals surface area (Å²) < 4.78 is 4.94. The minimum atomic E-state index is -0.121. The van der Waals surface area contributed by atoms with Gasteiger partial charge in [-0.1, -0.05) is 31.2 Å². The fraction of sp³-hybridized carbons (Fsp3) is 0.600. The van der Waals surface area contributed by atoms with Gasteiger partial charge in [-0.3, -0.25) is 9.79 Å². The summed E-state index contributed by atoms with van der Waals surface area (Å²) in [5.74, 6) is 0.967. The molecule has 1 aromatic rings. The lowest BCUT2D eigenvalue weighted by Crippen LogP contribution is -2.43. The number of ether oxygens (including phenoxy) is 1. The first-order valence-electron chi connectivity index (χ1n) is 9.10. The maximum absolute atomic E-state index is 11.9. The number of likely N-dealkylation sites (tertiary alicyclic amines) is 1. The lowest BCUT2D eigenvalue weighted by atomic mass is 9.92. The van der Waals surface area contributed by atoms with Gasteiger partial charge in [-0.2, -0.15) is 0 Å². The van der Waals surface area contributed by atoms with Crippen molar-refractivity contribution >= 4 is 35.9 Å². The summed E-state index contributed by atoms with van der Waals surface area (Å²) in [6.07, 6.45) is 2.42. The van der Waals surface area contributed by atoms with Crippen molar-refractivity contribution in [3.63, 3.8) is 0 Å². The molecule has 26 heavy (non-hydrogen) atoms. The molecule has 1 aromatic carbocycles. The van der Waals surface area contributed by atoms with Crippen molar-refractivity contribution in [2.75, 3.05) is 33.8 Å². The van der Waals surface area contributed by atoms with Crippen LogP contribution in [-0.4, -0.2) is 50.6 Å². The molecule has 6 heteroatoms. The Kier molecular flexibility index (Phi) is 6.93. The molecule has 1 aliphatic heterocycles. The van der Waals surface area contributed by atoms with Gasteiger partial charge in [0.05, 0.1) is 13.0 Å². The summed E-state index contributed by atoms with van der Waals surface area (Å²) in [4.78, 5) is 18.6. The first-order valence-corrected chi connectivity index (χ1v) is 9.10. The van der Waals surface area contributed by atoms with Gasteiger partial charge in [0, 0.05) is 32.1 Å². The van der Waals surface area contributed by atoms with E-state index in [4.69, 9.17) is 4.74 Å². The molecule has 1 saturated heterocycles. The van der Waals surface area contributed by atoms with Crippen molar-refractivity contribution in [3.8, 4) is 0 Å². The Hall–Kier alpha value is -1.31. The van der Waals surface area contributed by atoms with Gasteiger partial charge >= 0.3 is 5.97 Å². The number of hydrogen-bond donors (Lipinski definition) is 1. The maximum atomic E-state index is 11.9. The molecule has 5 nitrogen and oxygen atoms in total. The van der Waals surface area contributed by atoms with Crippen molar-refractivity contribution < 1.29 is 9.53 Å². The first-order chi connectivity index (χ1) is 12.0. The normalized spacial score (nSPS) is 24.0. The fourth-order valence-corrected chi connectivity index (χ4v) is 4.04. The van der Waals surface area contributed by atoms with Gasteiger partial charge in [0.1, 0.15) is 0 Å². The van der Waals surface area contributed by atoms with Crippen molar-refractivity contribution in [1.82, 2.24) is 10.2 Å². The standard InChI is InChI=1S/C20H29N3O2.HI/c1-14-7-5-6-8-17(14)20(9-10-20)13-22-19(21-3)23-11-15(2)16(12-23)18(24)25-4;/h5-8,15-16H,9-13H2,1-4H3,(H,21,22);1H. The number of nitrogens with zero attached hydrogens (tertiary/aromatic N) is 2. The monoisotopic (exact) mass is 471 g/mol. The maximum Gasteiger partial charge on any atom is 0.310 e. The van der Waals surface area contributed by atoms with E-state index in [0.29, 0.717) is 6.54 Å². The van der Waals surface area contributed by atoms with E-state index in [1.807, 2.05) is 7.05 Å². The molecule has 0 aromatic heterocycles. The number of esters is 1. The predicted molar refractivity (Wildman–Crippen MR) is 115 cm³/mol. The minimum absolute atomic E-state index is 0. The SMILES string of the molecule is CN=C(NCC1(c2ccccc2C)CC1)N1CC(C)C(C(=O)OC)C1.I. The average molecular weight is 471 g/mol. The zero-order valence-corrected chi connectivity index (χ0v) is 18.4. The van der Waals surface area contributed by atoms with Crippen LogP contribution in [0.3, 0.4) is 0 Å². The van der Waals surface area contributed by atoms with Crippen LogP contribution in [0.5, 0.6) is 0 Å². The summed E-state index contributed by atoms with van der Waals surface area (Å²) >= 11 is 0. The van der Waals surface area contributed by atoms with Crippen molar-refractivity contribution in [2.24, 2.45) is 16.8 Å². The fourth-order valence-electron chi connectivity index (χ4n) is 4.04. The molecule has 2 fully saturated rings. The van der Waals surface area contributed by atoms with Crippen LogP contribution in [0.25, 0.3) is 0 Å². The highest BCUT2D eigenvalue weighted by atomic mass is 127. The Balaban J connectivity index is 0.00000243. The quantitative estimate of drug-likeness (QED) is 0.318. The lowest BCUT2D eigenvalue weighted by molar-refractivity contribution is -0.145. The predicted octanol–water partition coefficient (Wildman–Crippen LogP) is 2.96. The second-order valence-electron chi connectivity index (χ2n) is 7.51. The lowest BCUT2D eigenvalue weighted by Gasteiger charge is -2.25. The van der Waals surface area contributed by atoms with E-state index in [1.165, 1.54) is 31.1 Å². The Morgan fingerprint density at radius 3 is 2.62 bits per heavy atom. The zero-order valence-electron chi connectivity index (χ0n) is 16.1. The van der Waals surface area contributed by atoms with Crippen LogP contribution in [-0.2, 0) is 14.9 Å². The van der Waals surface area contributed by atoms with E-state index in [-0.39, 0.29) is 47.2 Å². The number of aryl methyl sites for hydroxylation is 1. The molecule has 1 saturated carbocycles. The van der Waals surface area contributed by atoms with Crippen molar-refractivity contribution in [1.29, 1.82) is 0 Å². The summed E-state index contributed by atoms with van der Waals surface area (Å²) in [5, 5.41) is 3.56. The number of rotatable bonds is 4. The van der Waals surface area contributed by atoms with Gasteiger partial charge in [0.25, 0.3) is 0 Å². The van der Waals surface area contributed by atoms with Crippen LogP contribution in [0.1, 0.15) is 30.9 Å². The van der Waals surface area contributed by atoms with Crippen molar-refractivity contribution in [3.05, 3.63) is 35.4 Å². The van der Waals surface area contributed by atoms with Crippen LogP contribution < -0.4 is 5.32 Å². The van der Waals surface area contributed by atoms with E-state index >= 15 is 0 Å². The highest BCUT2D eigenvalue weighted by molar-refractivity contribution is 14.0. The second-order valence-corrected chi connectivity index (χ2v) is 7.51. The number of carbonyl (C=O) groups excluding carboxylic acids is 1. The summed E-state index contributed by atoms with van der Waals surface area (Å²) in [5.41, 5.74) is 3.03. The molecule has 144 valence electrons. The Morgan fingerprint density at radius 2 is 2.04 bits per heavy atom. The molecule has 0 spiro atoms. The summed E-state index contributed by atoms with van der Waals surface area (Å²) in [6, 6.07) is 8.66. The Labute approximate surface area is 173 Å². The van der Waals surface area contributed by atoms with E-state index in [2.05, 4.69) is 53.3 Å². The van der Waals surface area contributed by atoms with Crippen LogP contribution >= 0.6 is 24.0 Å². The molecule has 1 aliphatic carbocycles. The van der Waals surface area contributed by atoms with E-state index in [1.54, 1.807) is 0 Å². The Morgan fingerprint density at radius 1 is 1.35 bits per heavy atom. The number of hydrogen-bond acceptors (Lipinski definition) is 3. The average Bonchev–Trinajstić information content (AvgIpc) is 3.30. The number of benzene rings is 1. The van der Waals surface area contributed by atoms with E-state index in [0.717, 1.165) is 19.0 Å². The van der Waals surface area contributed by atoms with Crippen molar-refractivity contribution in [2.45, 2.75) is 32.1 Å². The number of aliphatic imine (C=N–C) groups is 1. The third-order valence-electron chi connectivity index (χ3n) is 5.78. The third kappa shape index (κ3) is 4.15. The molecule has 0 radical (unpaired) electrons. The number of guanidine groups is 1. The summed E-state index contributed by atoms with van der Waals surface area (Å²) in [6.45, 7) is 6.68. The number of halogens is 1. The highest BCUT2D eigenvalue weighted by Crippen LogP contribution is 2.48. The van der Waals surface area contributed by atoms with Crippen LogP contribution in [0, 0.1) is 18.8 Å². The van der Waals surface area contributed by atoms with Gasteiger partial charge < -0.3 is 15.0 Å². The topological polar surface area (TPSA) is 53.9 Å². The number of methoxy groups -OCH3 is 1. The third-order valence-corrected chi connectivity index (χ3v) is 5.78. The first kappa shape index (κ1) is 21.0. The zero-order chi connectivity index (χ0) is 18.0. The van der Waals surface area contributed by atoms with E-state index < -0.39 is 0 Å². The molecular weight excluding hydrogens is 441 g/mol. The van der Waals surface area contributed by atoms with E-state index in [9.17, 15) is 4.79 Å². The van der Waals surface area contributed by atoms with Gasteiger partial charge in [-0.05, 0) is 36.8 Å². The minimum Gasteiger partial charge on any atom is -0.469 e. The van der Waals surface area contributed by atoms with Gasteiger partial charge in [-0.25, -0.2) is 0 Å². The van der Waals surface area contributed by atoms with Gasteiger partial charge in [0.15, 0.2) is 5.96 Å². The molecule has 3 rings (SSSR count). The van der Waals surface area contributed by atoms with Crippen LogP contribution in [0.4, 0.5) is 0 Å². The molecule has 2 aliphatic rings. The molecular formula is C20H30IN3O2. The molecule has 2 atom stereocenters. The number of carbonyl (C=O) groups is 1. The highest BCUT2D eigenvalue weighted by Gasteiger charge is 2.45. The molecule has 1 heterocycles. The second kappa shape index (κ2) is 8.59. The smallest absolute Gasteiger partial charge is 0.310 e.